The number of aromatic nitrogens is 1. The first-order valence-corrected chi connectivity index (χ1v) is 6.67. The van der Waals surface area contributed by atoms with E-state index in [0.29, 0.717) is 4.91 Å². The van der Waals surface area contributed by atoms with Gasteiger partial charge in [-0.05, 0) is 54.2 Å². The smallest absolute Gasteiger partial charge is 0.290 e. The first-order chi connectivity index (χ1) is 9.63. The Morgan fingerprint density at radius 1 is 1.15 bits per heavy atom. The quantitative estimate of drug-likeness (QED) is 0.832. The van der Waals surface area contributed by atoms with Crippen molar-refractivity contribution in [1.29, 1.82) is 0 Å². The molecule has 20 heavy (non-hydrogen) atoms. The molecule has 6 heteroatoms. The molecule has 1 fully saturated rings. The Balaban J connectivity index is 1.99. The van der Waals surface area contributed by atoms with E-state index in [1.165, 1.54) is 0 Å². The van der Waals surface area contributed by atoms with Crippen LogP contribution in [0.1, 0.15) is 5.69 Å². The Morgan fingerprint density at radius 2 is 1.90 bits per heavy atom. The summed E-state index contributed by atoms with van der Waals surface area (Å²) in [4.78, 5) is 23.0. The van der Waals surface area contributed by atoms with E-state index in [1.54, 1.807) is 30.3 Å². The van der Waals surface area contributed by atoms with E-state index in [9.17, 15) is 14.7 Å². The highest BCUT2D eigenvalue weighted by molar-refractivity contribution is 8.18. The number of thioether (sulfide) groups is 1. The number of phenols is 1. The molecule has 0 atom stereocenters. The average molecular weight is 286 g/mol. The summed E-state index contributed by atoms with van der Waals surface area (Å²) in [5.74, 6) is -0.185. The van der Waals surface area contributed by atoms with Gasteiger partial charge in [-0.15, -0.1) is 0 Å². The summed E-state index contributed by atoms with van der Waals surface area (Å²) in [6.07, 6.45) is 3.51. The predicted molar refractivity (Wildman–Crippen MR) is 76.5 cm³/mol. The van der Waals surface area contributed by atoms with Crippen LogP contribution in [0.25, 0.3) is 11.8 Å². The molecule has 1 aromatic heterocycles. The minimum atomic E-state index is -0.376. The third-order valence-corrected chi connectivity index (χ3v) is 3.64. The number of imide groups is 1. The van der Waals surface area contributed by atoms with Crippen LogP contribution in [0, 0.1) is 0 Å². The molecule has 0 saturated carbocycles. The molecule has 1 aromatic carbocycles. The number of phenolic OH excluding ortho intramolecular Hbond substituents is 1. The van der Waals surface area contributed by atoms with E-state index in [-0.39, 0.29) is 16.9 Å². The standard InChI is InChI=1S/C14H10N2O3S/c17-11-5-3-9(4-6-11)16-7-1-2-10(16)8-12-13(18)15-14(19)20-12/h1-8,17H,(H,15,18,19)/b12-8-. The highest BCUT2D eigenvalue weighted by Crippen LogP contribution is 2.26. The summed E-state index contributed by atoms with van der Waals surface area (Å²) in [5, 5.41) is 11.2. The molecule has 1 aliphatic rings. The first kappa shape index (κ1) is 12.6. The third-order valence-electron chi connectivity index (χ3n) is 2.83. The van der Waals surface area contributed by atoms with Gasteiger partial charge in [0.15, 0.2) is 0 Å². The van der Waals surface area contributed by atoms with Gasteiger partial charge in [0.2, 0.25) is 0 Å². The van der Waals surface area contributed by atoms with E-state index >= 15 is 0 Å². The van der Waals surface area contributed by atoms with Crippen LogP contribution in [0.3, 0.4) is 0 Å². The van der Waals surface area contributed by atoms with Crippen LogP contribution in [-0.4, -0.2) is 20.8 Å². The van der Waals surface area contributed by atoms with Gasteiger partial charge in [0.25, 0.3) is 11.1 Å². The van der Waals surface area contributed by atoms with Gasteiger partial charge < -0.3 is 9.67 Å². The fraction of sp³-hybridized carbons (Fsp3) is 0. The number of carbonyl (C=O) groups excluding carboxylic acids is 2. The molecule has 2 aromatic rings. The second-order valence-corrected chi connectivity index (χ2v) is 5.19. The molecule has 1 aliphatic heterocycles. The molecular weight excluding hydrogens is 276 g/mol. The van der Waals surface area contributed by atoms with E-state index in [1.807, 2.05) is 22.9 Å². The van der Waals surface area contributed by atoms with Gasteiger partial charge in [-0.2, -0.15) is 0 Å². The summed E-state index contributed by atoms with van der Waals surface area (Å²) in [7, 11) is 0. The topological polar surface area (TPSA) is 71.3 Å². The van der Waals surface area contributed by atoms with Crippen molar-refractivity contribution >= 4 is 29.0 Å². The van der Waals surface area contributed by atoms with Crippen molar-refractivity contribution in [1.82, 2.24) is 9.88 Å². The van der Waals surface area contributed by atoms with Gasteiger partial charge in [-0.25, -0.2) is 0 Å². The maximum atomic E-state index is 11.5. The molecule has 0 radical (unpaired) electrons. The molecule has 1 saturated heterocycles. The van der Waals surface area contributed by atoms with Crippen LogP contribution in [0.5, 0.6) is 5.75 Å². The fourth-order valence-electron chi connectivity index (χ4n) is 1.92. The lowest BCUT2D eigenvalue weighted by molar-refractivity contribution is -0.115. The van der Waals surface area contributed by atoms with Crippen molar-refractivity contribution in [3.63, 3.8) is 0 Å². The first-order valence-electron chi connectivity index (χ1n) is 5.85. The lowest BCUT2D eigenvalue weighted by Gasteiger charge is -2.06. The highest BCUT2D eigenvalue weighted by atomic mass is 32.2. The zero-order valence-electron chi connectivity index (χ0n) is 10.2. The van der Waals surface area contributed by atoms with E-state index in [2.05, 4.69) is 5.32 Å². The van der Waals surface area contributed by atoms with Crippen molar-refractivity contribution in [3.8, 4) is 11.4 Å². The van der Waals surface area contributed by atoms with Crippen LogP contribution >= 0.6 is 11.8 Å². The van der Waals surface area contributed by atoms with Crippen LogP contribution in [0.15, 0.2) is 47.5 Å². The molecule has 3 rings (SSSR count). The van der Waals surface area contributed by atoms with Gasteiger partial charge in [0, 0.05) is 17.6 Å². The number of hydrogen-bond donors (Lipinski definition) is 2. The number of carbonyl (C=O) groups is 2. The predicted octanol–water partition coefficient (Wildman–Crippen LogP) is 2.51. The number of aromatic hydroxyl groups is 1. The third kappa shape index (κ3) is 2.33. The summed E-state index contributed by atoms with van der Waals surface area (Å²) < 4.78 is 1.86. The lowest BCUT2D eigenvalue weighted by atomic mass is 10.3. The molecule has 0 unspecified atom stereocenters. The van der Waals surface area contributed by atoms with Crippen molar-refractivity contribution in [3.05, 3.63) is 53.2 Å². The van der Waals surface area contributed by atoms with Crippen molar-refractivity contribution in [2.75, 3.05) is 0 Å². The largest absolute Gasteiger partial charge is 0.508 e. The molecule has 100 valence electrons. The van der Waals surface area contributed by atoms with Gasteiger partial charge >= 0.3 is 0 Å². The minimum absolute atomic E-state index is 0.192. The zero-order valence-corrected chi connectivity index (χ0v) is 11.1. The Bertz CT molecular complexity index is 716. The van der Waals surface area contributed by atoms with Crippen molar-refractivity contribution < 1.29 is 14.7 Å². The maximum absolute atomic E-state index is 11.5. The van der Waals surface area contributed by atoms with Crippen molar-refractivity contribution in [2.45, 2.75) is 0 Å². The molecule has 5 nitrogen and oxygen atoms in total. The Labute approximate surface area is 118 Å². The second kappa shape index (κ2) is 4.90. The molecule has 2 N–H and O–H groups in total. The highest BCUT2D eigenvalue weighted by Gasteiger charge is 2.25. The number of hydrogen-bond acceptors (Lipinski definition) is 4. The number of amides is 2. The summed E-state index contributed by atoms with van der Waals surface area (Å²) in [5.41, 5.74) is 1.64. The van der Waals surface area contributed by atoms with Gasteiger partial charge in [-0.1, -0.05) is 0 Å². The summed E-state index contributed by atoms with van der Waals surface area (Å²) in [6.45, 7) is 0. The average Bonchev–Trinajstić information content (AvgIpc) is 2.98. The minimum Gasteiger partial charge on any atom is -0.508 e. The SMILES string of the molecule is O=C1NC(=O)/C(=C/c2cccn2-c2ccc(O)cc2)S1. The van der Waals surface area contributed by atoms with Gasteiger partial charge in [0.1, 0.15) is 5.75 Å². The van der Waals surface area contributed by atoms with Crippen LogP contribution in [0.4, 0.5) is 4.79 Å². The molecule has 0 aliphatic carbocycles. The summed E-state index contributed by atoms with van der Waals surface area (Å²) >= 11 is 0.886. The normalized spacial score (nSPS) is 16.7. The second-order valence-electron chi connectivity index (χ2n) is 4.17. The van der Waals surface area contributed by atoms with Crippen LogP contribution in [0.2, 0.25) is 0 Å². The van der Waals surface area contributed by atoms with E-state index < -0.39 is 0 Å². The zero-order chi connectivity index (χ0) is 14.1. The molecule has 2 amide bonds. The Morgan fingerprint density at radius 3 is 2.55 bits per heavy atom. The van der Waals surface area contributed by atoms with Gasteiger partial charge in [-0.3, -0.25) is 14.9 Å². The van der Waals surface area contributed by atoms with Crippen molar-refractivity contribution in [2.24, 2.45) is 0 Å². The molecule has 0 spiro atoms. The number of benzene rings is 1. The number of rotatable bonds is 2. The van der Waals surface area contributed by atoms with E-state index in [4.69, 9.17) is 0 Å². The monoisotopic (exact) mass is 286 g/mol. The summed E-state index contributed by atoms with van der Waals surface area (Å²) in [6, 6.07) is 10.4. The van der Waals surface area contributed by atoms with E-state index in [0.717, 1.165) is 23.1 Å². The maximum Gasteiger partial charge on any atom is 0.290 e. The Hall–Kier alpha value is -2.47. The Kier molecular flexibility index (Phi) is 3.08. The number of nitrogens with zero attached hydrogens (tertiary/aromatic N) is 1. The molecular formula is C14H10N2O3S. The molecule has 0 bridgehead atoms. The lowest BCUT2D eigenvalue weighted by Crippen LogP contribution is -2.17. The number of nitrogens with one attached hydrogen (secondary N) is 1. The fourth-order valence-corrected chi connectivity index (χ4v) is 2.58. The van der Waals surface area contributed by atoms with Gasteiger partial charge in [0.05, 0.1) is 4.91 Å². The van der Waals surface area contributed by atoms with Crippen LogP contribution in [-0.2, 0) is 4.79 Å². The van der Waals surface area contributed by atoms with Crippen LogP contribution < -0.4 is 5.32 Å². The molecule has 2 heterocycles.